The summed E-state index contributed by atoms with van der Waals surface area (Å²) in [5.41, 5.74) is -0.607. The van der Waals surface area contributed by atoms with Crippen LogP contribution in [0.1, 0.15) is 56.6 Å². The zero-order valence-corrected chi connectivity index (χ0v) is 18.2. The number of rotatable bonds is 2. The Balaban J connectivity index is 1.63. The summed E-state index contributed by atoms with van der Waals surface area (Å²) in [6, 6.07) is 4.81. The second kappa shape index (κ2) is 8.70. The Morgan fingerprint density at radius 1 is 1.06 bits per heavy atom. The van der Waals surface area contributed by atoms with Crippen LogP contribution in [0.3, 0.4) is 0 Å². The summed E-state index contributed by atoms with van der Waals surface area (Å²) in [5.74, 6) is 3.07. The predicted molar refractivity (Wildman–Crippen MR) is 117 cm³/mol. The minimum absolute atomic E-state index is 0.0291. The molecule has 1 aromatic carbocycles. The van der Waals surface area contributed by atoms with Crippen LogP contribution in [0.25, 0.3) is 0 Å². The fraction of sp³-hybridized carbons (Fsp3) is 0.400. The molecule has 0 N–H and O–H groups in total. The van der Waals surface area contributed by atoms with Crippen LogP contribution in [0.15, 0.2) is 36.7 Å². The molecule has 4 rings (SSSR count). The first-order valence-electron chi connectivity index (χ1n) is 10.8. The number of nitrogens with zero attached hydrogens (tertiary/aromatic N) is 3. The fourth-order valence-electron chi connectivity index (χ4n) is 4.77. The van der Waals surface area contributed by atoms with Crippen molar-refractivity contribution in [2.75, 3.05) is 11.9 Å². The van der Waals surface area contributed by atoms with Gasteiger partial charge in [-0.2, -0.15) is 0 Å². The van der Waals surface area contributed by atoms with Crippen LogP contribution in [0.4, 0.5) is 19.3 Å². The molecule has 0 spiro atoms. The first kappa shape index (κ1) is 21.9. The van der Waals surface area contributed by atoms with Crippen molar-refractivity contribution in [2.45, 2.75) is 51.0 Å². The molecule has 2 aliphatic rings. The van der Waals surface area contributed by atoms with E-state index in [1.165, 1.54) is 11.1 Å². The van der Waals surface area contributed by atoms with E-state index in [1.54, 1.807) is 25.4 Å². The number of pyridine rings is 1. The Morgan fingerprint density at radius 2 is 1.72 bits per heavy atom. The third-order valence-electron chi connectivity index (χ3n) is 6.74. The summed E-state index contributed by atoms with van der Waals surface area (Å²) in [6.07, 6.45) is 8.32. The number of urea groups is 1. The number of anilines is 1. The van der Waals surface area contributed by atoms with Crippen LogP contribution in [0.5, 0.6) is 0 Å². The molecule has 1 saturated carbocycles. The molecule has 1 atom stereocenters. The molecule has 1 aromatic heterocycles. The van der Waals surface area contributed by atoms with Gasteiger partial charge in [-0.1, -0.05) is 31.1 Å². The number of benzene rings is 1. The molecular formula is C25H25F2N3O2. The summed E-state index contributed by atoms with van der Waals surface area (Å²) in [5, 5.41) is 0. The number of carbonyl (C=O) groups is 2. The number of carbonyl (C=O) groups excluding carboxylic acids is 2. The van der Waals surface area contributed by atoms with Gasteiger partial charge < -0.3 is 4.90 Å². The molecule has 3 amide bonds. The van der Waals surface area contributed by atoms with E-state index in [2.05, 4.69) is 16.8 Å². The van der Waals surface area contributed by atoms with Crippen molar-refractivity contribution in [1.29, 1.82) is 0 Å². The topological polar surface area (TPSA) is 53.5 Å². The van der Waals surface area contributed by atoms with E-state index < -0.39 is 34.8 Å². The van der Waals surface area contributed by atoms with Crippen LogP contribution < -0.4 is 4.90 Å². The van der Waals surface area contributed by atoms with Crippen molar-refractivity contribution in [2.24, 2.45) is 5.92 Å². The lowest BCUT2D eigenvalue weighted by molar-refractivity contribution is -0.123. The molecule has 1 unspecified atom stereocenters. The largest absolute Gasteiger partial charge is 0.331 e. The van der Waals surface area contributed by atoms with E-state index in [0.717, 1.165) is 44.2 Å². The average molecular weight is 437 g/mol. The zero-order valence-electron chi connectivity index (χ0n) is 18.2. The van der Waals surface area contributed by atoms with Gasteiger partial charge in [-0.15, -0.1) is 0 Å². The molecule has 0 bridgehead atoms. The lowest BCUT2D eigenvalue weighted by Gasteiger charge is -2.50. The number of imide groups is 1. The zero-order chi connectivity index (χ0) is 22.9. The Kier molecular flexibility index (Phi) is 5.96. The minimum atomic E-state index is -1.00. The summed E-state index contributed by atoms with van der Waals surface area (Å²) in [4.78, 5) is 32.2. The van der Waals surface area contributed by atoms with Gasteiger partial charge in [0.25, 0.3) is 0 Å². The van der Waals surface area contributed by atoms with Gasteiger partial charge in [-0.25, -0.2) is 18.5 Å². The monoisotopic (exact) mass is 437 g/mol. The maximum atomic E-state index is 15.0. The van der Waals surface area contributed by atoms with Gasteiger partial charge in [0.05, 0.1) is 12.0 Å². The normalized spacial score (nSPS) is 22.0. The molecule has 1 aliphatic carbocycles. The molecule has 0 radical (unpaired) electrons. The maximum absolute atomic E-state index is 15.0. The van der Waals surface area contributed by atoms with Gasteiger partial charge >= 0.3 is 6.03 Å². The Morgan fingerprint density at radius 3 is 2.34 bits per heavy atom. The molecule has 166 valence electrons. The minimum Gasteiger partial charge on any atom is -0.321 e. The molecule has 1 aliphatic heterocycles. The van der Waals surface area contributed by atoms with Crippen LogP contribution in [-0.2, 0) is 4.79 Å². The highest BCUT2D eigenvalue weighted by molar-refractivity contribution is 6.16. The first-order valence-corrected chi connectivity index (χ1v) is 10.8. The fourth-order valence-corrected chi connectivity index (χ4v) is 4.77. The molecular weight excluding hydrogens is 412 g/mol. The van der Waals surface area contributed by atoms with Crippen molar-refractivity contribution >= 4 is 17.6 Å². The van der Waals surface area contributed by atoms with Crippen molar-refractivity contribution < 1.29 is 18.4 Å². The molecule has 5 nitrogen and oxygen atoms in total. The number of hydrogen-bond acceptors (Lipinski definition) is 3. The number of hydrogen-bond donors (Lipinski definition) is 0. The van der Waals surface area contributed by atoms with E-state index in [-0.39, 0.29) is 17.9 Å². The molecule has 1 saturated heterocycles. The molecule has 2 fully saturated rings. The number of aromatic nitrogens is 1. The predicted octanol–water partition coefficient (Wildman–Crippen LogP) is 4.89. The quantitative estimate of drug-likeness (QED) is 0.629. The Bertz CT molecular complexity index is 1080. The Labute approximate surface area is 186 Å². The van der Waals surface area contributed by atoms with E-state index in [1.807, 2.05) is 6.92 Å². The smallest absolute Gasteiger partial charge is 0.321 e. The van der Waals surface area contributed by atoms with Crippen LogP contribution in [0, 0.1) is 29.4 Å². The summed E-state index contributed by atoms with van der Waals surface area (Å²) >= 11 is 0. The van der Waals surface area contributed by atoms with Gasteiger partial charge in [-0.05, 0) is 49.9 Å². The second-order valence-corrected chi connectivity index (χ2v) is 8.72. The van der Waals surface area contributed by atoms with Gasteiger partial charge in [-0.3, -0.25) is 9.78 Å². The van der Waals surface area contributed by atoms with Crippen molar-refractivity contribution in [3.63, 3.8) is 0 Å². The average Bonchev–Trinajstić information content (AvgIpc) is 2.79. The van der Waals surface area contributed by atoms with Crippen LogP contribution in [-0.4, -0.2) is 34.4 Å². The third-order valence-corrected chi connectivity index (χ3v) is 6.74. The highest BCUT2D eigenvalue weighted by Crippen LogP contribution is 2.42. The van der Waals surface area contributed by atoms with Crippen molar-refractivity contribution in [1.82, 2.24) is 9.88 Å². The van der Waals surface area contributed by atoms with Crippen LogP contribution >= 0.6 is 0 Å². The van der Waals surface area contributed by atoms with E-state index >= 15 is 0 Å². The third kappa shape index (κ3) is 3.97. The standard InChI is InChI=1S/C25H25F2N3O2/c1-25(19-8-4-3-5-9-19)15-22(31)30(24(32)29(25)2)23-20(26)13-18(14-21(23)27)11-10-17-7-6-12-28-16-17/h6-7,12-14,16,19H,3-5,8-9,15H2,1-2H3. The van der Waals surface area contributed by atoms with E-state index in [0.29, 0.717) is 10.5 Å². The lowest BCUT2D eigenvalue weighted by Crippen LogP contribution is -2.64. The number of amides is 3. The molecule has 2 heterocycles. The van der Waals surface area contributed by atoms with Crippen molar-refractivity contribution in [3.8, 4) is 11.8 Å². The maximum Gasteiger partial charge on any atom is 0.331 e. The molecule has 32 heavy (non-hydrogen) atoms. The van der Waals surface area contributed by atoms with E-state index in [9.17, 15) is 18.4 Å². The summed E-state index contributed by atoms with van der Waals surface area (Å²) in [7, 11) is 1.61. The lowest BCUT2D eigenvalue weighted by atomic mass is 9.72. The van der Waals surface area contributed by atoms with Gasteiger partial charge in [0, 0.05) is 30.6 Å². The number of halogens is 2. The van der Waals surface area contributed by atoms with Gasteiger partial charge in [0.2, 0.25) is 5.91 Å². The molecule has 7 heteroatoms. The Hall–Kier alpha value is -3.27. The highest BCUT2D eigenvalue weighted by Gasteiger charge is 2.50. The first-order chi connectivity index (χ1) is 15.3. The highest BCUT2D eigenvalue weighted by atomic mass is 19.1. The summed E-state index contributed by atoms with van der Waals surface area (Å²) in [6.45, 7) is 1.90. The van der Waals surface area contributed by atoms with Crippen molar-refractivity contribution in [3.05, 3.63) is 59.4 Å². The molecule has 2 aromatic rings. The summed E-state index contributed by atoms with van der Waals surface area (Å²) < 4.78 is 29.9. The van der Waals surface area contributed by atoms with Crippen LogP contribution in [0.2, 0.25) is 0 Å². The van der Waals surface area contributed by atoms with Gasteiger partial charge in [0.15, 0.2) is 11.6 Å². The van der Waals surface area contributed by atoms with Gasteiger partial charge in [0.1, 0.15) is 5.69 Å². The SMILES string of the molecule is CN1C(=O)N(c2c(F)cc(C#Cc3cccnc3)cc2F)C(=O)CC1(C)C1CCCCC1. The second-order valence-electron chi connectivity index (χ2n) is 8.72. The van der Waals surface area contributed by atoms with E-state index in [4.69, 9.17) is 0 Å².